The van der Waals surface area contributed by atoms with Crippen molar-refractivity contribution in [1.29, 1.82) is 0 Å². The van der Waals surface area contributed by atoms with Crippen molar-refractivity contribution in [2.75, 3.05) is 6.61 Å². The second kappa shape index (κ2) is 8.46. The predicted molar refractivity (Wildman–Crippen MR) is 110 cm³/mol. The molecule has 8 nitrogen and oxygen atoms in total. The van der Waals surface area contributed by atoms with Crippen LogP contribution in [0.15, 0.2) is 36.7 Å². The number of aliphatic hydroxyl groups excluding tert-OH is 1. The first-order chi connectivity index (χ1) is 15.6. The average molecular weight is 435 g/mol. The summed E-state index contributed by atoms with van der Waals surface area (Å²) in [6.45, 7) is -0.0424. The monoisotopic (exact) mass is 435 g/mol. The van der Waals surface area contributed by atoms with Crippen molar-refractivity contribution in [1.82, 2.24) is 35.3 Å². The normalized spacial score (nSPS) is 15.5. The molecular weight excluding hydrogens is 416 g/mol. The average Bonchev–Trinajstić information content (AvgIpc) is 3.27. The number of H-pyrrole nitrogens is 1. The smallest absolute Gasteiger partial charge is 0.176 e. The molecule has 5 rings (SSSR count). The first kappa shape index (κ1) is 20.3. The number of halogens is 2. The molecule has 4 aromatic rings. The minimum absolute atomic E-state index is 0.0424. The highest BCUT2D eigenvalue weighted by Gasteiger charge is 2.27. The van der Waals surface area contributed by atoms with Crippen LogP contribution >= 0.6 is 0 Å². The Labute approximate surface area is 181 Å². The number of aliphatic hydroxyl groups is 1. The van der Waals surface area contributed by atoms with Gasteiger partial charge in [0.15, 0.2) is 11.6 Å². The number of nitrogens with one attached hydrogen (secondary N) is 1. The van der Waals surface area contributed by atoms with Crippen molar-refractivity contribution in [3.63, 3.8) is 0 Å². The van der Waals surface area contributed by atoms with E-state index in [0.29, 0.717) is 29.5 Å². The summed E-state index contributed by atoms with van der Waals surface area (Å²) in [6, 6.07) is 5.45. The van der Waals surface area contributed by atoms with E-state index in [0.717, 1.165) is 30.5 Å². The third-order valence-corrected chi connectivity index (χ3v) is 5.51. The van der Waals surface area contributed by atoms with Gasteiger partial charge in [0.25, 0.3) is 0 Å². The van der Waals surface area contributed by atoms with Gasteiger partial charge in [0.1, 0.15) is 17.3 Å². The lowest BCUT2D eigenvalue weighted by molar-refractivity contribution is 0.297. The Hall–Kier alpha value is -3.66. The van der Waals surface area contributed by atoms with E-state index in [1.165, 1.54) is 18.2 Å². The summed E-state index contributed by atoms with van der Waals surface area (Å²) in [7, 11) is 0. The van der Waals surface area contributed by atoms with Crippen LogP contribution in [0, 0.1) is 11.6 Å². The van der Waals surface area contributed by atoms with E-state index < -0.39 is 11.6 Å². The highest BCUT2D eigenvalue weighted by atomic mass is 19.1. The molecule has 10 heteroatoms. The number of benzene rings is 1. The molecule has 2 N–H and O–H groups in total. The SMILES string of the molecule is OCCc1n[nH]c(-c2cncc(C3CCCc4cc(-c5c(F)cccc5F)nnc43)n2)n1. The third-order valence-electron chi connectivity index (χ3n) is 5.51. The largest absolute Gasteiger partial charge is 0.396 e. The Morgan fingerprint density at radius 2 is 1.91 bits per heavy atom. The maximum Gasteiger partial charge on any atom is 0.176 e. The fraction of sp³-hybridized carbons (Fsp3) is 0.273. The van der Waals surface area contributed by atoms with Gasteiger partial charge in [0, 0.05) is 18.5 Å². The maximum absolute atomic E-state index is 14.2. The molecule has 0 saturated heterocycles. The van der Waals surface area contributed by atoms with Gasteiger partial charge < -0.3 is 5.11 Å². The molecule has 1 aliphatic rings. The van der Waals surface area contributed by atoms with E-state index in [9.17, 15) is 8.78 Å². The number of aryl methyl sites for hydroxylation is 1. The fourth-order valence-corrected chi connectivity index (χ4v) is 4.01. The molecule has 3 heterocycles. The highest BCUT2D eigenvalue weighted by molar-refractivity contribution is 5.61. The zero-order valence-electron chi connectivity index (χ0n) is 17.0. The lowest BCUT2D eigenvalue weighted by atomic mass is 9.84. The Morgan fingerprint density at radius 3 is 2.72 bits per heavy atom. The minimum atomic E-state index is -0.669. The first-order valence-corrected chi connectivity index (χ1v) is 10.3. The first-order valence-electron chi connectivity index (χ1n) is 10.3. The van der Waals surface area contributed by atoms with Gasteiger partial charge in [-0.2, -0.15) is 15.3 Å². The van der Waals surface area contributed by atoms with Gasteiger partial charge in [-0.3, -0.25) is 10.1 Å². The molecule has 0 amide bonds. The molecule has 1 aliphatic carbocycles. The minimum Gasteiger partial charge on any atom is -0.396 e. The number of fused-ring (bicyclic) bond motifs is 1. The van der Waals surface area contributed by atoms with Crippen LogP contribution in [0.1, 0.15) is 41.5 Å². The fourth-order valence-electron chi connectivity index (χ4n) is 4.01. The number of hydrogen-bond donors (Lipinski definition) is 2. The van der Waals surface area contributed by atoms with Crippen molar-refractivity contribution in [3.05, 3.63) is 71.1 Å². The van der Waals surface area contributed by atoms with Crippen LogP contribution < -0.4 is 0 Å². The number of aromatic nitrogens is 7. The molecule has 1 atom stereocenters. The number of aromatic amines is 1. The molecule has 0 saturated carbocycles. The molecule has 162 valence electrons. The summed E-state index contributed by atoms with van der Waals surface area (Å²) >= 11 is 0. The number of nitrogens with zero attached hydrogens (tertiary/aromatic N) is 6. The van der Waals surface area contributed by atoms with E-state index in [2.05, 4.69) is 30.4 Å². The molecule has 0 radical (unpaired) electrons. The van der Waals surface area contributed by atoms with Crippen molar-refractivity contribution >= 4 is 0 Å². The van der Waals surface area contributed by atoms with Crippen LogP contribution in [0.2, 0.25) is 0 Å². The summed E-state index contributed by atoms with van der Waals surface area (Å²) in [5.41, 5.74) is 2.88. The van der Waals surface area contributed by atoms with Gasteiger partial charge in [-0.1, -0.05) is 6.07 Å². The molecule has 0 bridgehead atoms. The maximum atomic E-state index is 14.2. The summed E-state index contributed by atoms with van der Waals surface area (Å²) in [6.07, 6.45) is 6.04. The van der Waals surface area contributed by atoms with E-state index in [-0.39, 0.29) is 23.8 Å². The standard InChI is InChI=1S/C22H19F2N7O/c23-14-5-2-6-15(24)20(14)16-9-12-3-1-4-13(21(12)30-28-16)17-10-25-11-18(26-17)22-27-19(7-8-32)29-31-22/h2,5-6,9-11,13,32H,1,3-4,7-8H2,(H,27,29,31). The van der Waals surface area contributed by atoms with E-state index in [4.69, 9.17) is 10.1 Å². The molecule has 1 aromatic carbocycles. The third kappa shape index (κ3) is 3.73. The lowest BCUT2D eigenvalue weighted by Crippen LogP contribution is -2.16. The topological polar surface area (TPSA) is 113 Å². The summed E-state index contributed by atoms with van der Waals surface area (Å²) in [4.78, 5) is 13.3. The Balaban J connectivity index is 1.49. The zero-order chi connectivity index (χ0) is 22.1. The molecule has 0 aliphatic heterocycles. The van der Waals surface area contributed by atoms with Crippen LogP contribution in [0.25, 0.3) is 22.8 Å². The second-order valence-corrected chi connectivity index (χ2v) is 7.58. The van der Waals surface area contributed by atoms with E-state index >= 15 is 0 Å². The van der Waals surface area contributed by atoms with Gasteiger partial charge in [0.2, 0.25) is 0 Å². The molecule has 0 fully saturated rings. The molecule has 1 unspecified atom stereocenters. The molecule has 32 heavy (non-hydrogen) atoms. The van der Waals surface area contributed by atoms with Crippen LogP contribution in [-0.2, 0) is 12.8 Å². The van der Waals surface area contributed by atoms with Crippen molar-refractivity contribution < 1.29 is 13.9 Å². The van der Waals surface area contributed by atoms with Crippen molar-refractivity contribution in [2.24, 2.45) is 0 Å². The lowest BCUT2D eigenvalue weighted by Gasteiger charge is -2.23. The Morgan fingerprint density at radius 1 is 1.06 bits per heavy atom. The van der Waals surface area contributed by atoms with Gasteiger partial charge in [-0.05, 0) is 43.0 Å². The zero-order valence-corrected chi connectivity index (χ0v) is 17.0. The number of rotatable bonds is 5. The summed E-state index contributed by atoms with van der Waals surface area (Å²) < 4.78 is 28.4. The van der Waals surface area contributed by atoms with Crippen LogP contribution in [0.3, 0.4) is 0 Å². The van der Waals surface area contributed by atoms with E-state index in [1.54, 1.807) is 18.5 Å². The van der Waals surface area contributed by atoms with E-state index in [1.807, 2.05) is 0 Å². The van der Waals surface area contributed by atoms with Gasteiger partial charge in [-0.15, -0.1) is 0 Å². The second-order valence-electron chi connectivity index (χ2n) is 7.58. The van der Waals surface area contributed by atoms with Crippen molar-refractivity contribution in [3.8, 4) is 22.8 Å². The highest BCUT2D eigenvalue weighted by Crippen LogP contribution is 2.36. The van der Waals surface area contributed by atoms with Crippen LogP contribution in [0.4, 0.5) is 8.78 Å². The predicted octanol–water partition coefficient (Wildman–Crippen LogP) is 3.00. The molecule has 3 aromatic heterocycles. The van der Waals surface area contributed by atoms with Crippen molar-refractivity contribution in [2.45, 2.75) is 31.6 Å². The summed E-state index contributed by atoms with van der Waals surface area (Å²) in [5.74, 6) is -0.513. The van der Waals surface area contributed by atoms with Crippen LogP contribution in [0.5, 0.6) is 0 Å². The molecule has 0 spiro atoms. The van der Waals surface area contributed by atoms with Gasteiger partial charge >= 0.3 is 0 Å². The van der Waals surface area contributed by atoms with Gasteiger partial charge in [0.05, 0.1) is 35.4 Å². The van der Waals surface area contributed by atoms with Crippen LogP contribution in [-0.4, -0.2) is 47.1 Å². The quantitative estimate of drug-likeness (QED) is 0.495. The molecular formula is C22H19F2N7O. The summed E-state index contributed by atoms with van der Waals surface area (Å²) in [5, 5.41) is 24.4. The number of hydrogen-bond acceptors (Lipinski definition) is 7. The Bertz CT molecular complexity index is 1260. The Kier molecular flexibility index (Phi) is 5.36. The van der Waals surface area contributed by atoms with Gasteiger partial charge in [-0.25, -0.2) is 18.7 Å².